The van der Waals surface area contributed by atoms with Crippen molar-refractivity contribution in [2.75, 3.05) is 32.8 Å². The van der Waals surface area contributed by atoms with E-state index in [0.717, 1.165) is 13.2 Å². The highest BCUT2D eigenvalue weighted by atomic mass is 15.3. The summed E-state index contributed by atoms with van der Waals surface area (Å²) in [7, 11) is 0. The van der Waals surface area contributed by atoms with E-state index in [9.17, 15) is 0 Å². The van der Waals surface area contributed by atoms with E-state index >= 15 is 0 Å². The maximum atomic E-state index is 2.49. The molecule has 12 heavy (non-hydrogen) atoms. The van der Waals surface area contributed by atoms with Crippen molar-refractivity contribution in [3.63, 3.8) is 0 Å². The van der Waals surface area contributed by atoms with Crippen LogP contribution in [-0.2, 0) is 0 Å². The predicted molar refractivity (Wildman–Crippen MR) is 53.1 cm³/mol. The summed E-state index contributed by atoms with van der Waals surface area (Å²) in [5.74, 6) is 0. The first-order chi connectivity index (χ1) is 5.86. The minimum Gasteiger partial charge on any atom is -0.291 e. The van der Waals surface area contributed by atoms with Crippen molar-refractivity contribution in [1.82, 2.24) is 9.80 Å². The first-order valence-corrected chi connectivity index (χ1v) is 4.92. The van der Waals surface area contributed by atoms with E-state index in [1.54, 1.807) is 0 Å². The number of hydrogen-bond donors (Lipinski definition) is 0. The average Bonchev–Trinajstić information content (AvgIpc) is 2.15. The third-order valence-electron chi connectivity index (χ3n) is 2.40. The Labute approximate surface area is 75.8 Å². The van der Waals surface area contributed by atoms with Crippen LogP contribution in [0.1, 0.15) is 20.3 Å². The van der Waals surface area contributed by atoms with Gasteiger partial charge in [0.2, 0.25) is 0 Å². The van der Waals surface area contributed by atoms with Gasteiger partial charge in [-0.05, 0) is 19.9 Å². The summed E-state index contributed by atoms with van der Waals surface area (Å²) in [5, 5.41) is 0. The fourth-order valence-electron chi connectivity index (χ4n) is 1.60. The largest absolute Gasteiger partial charge is 0.291 e. The molecule has 0 spiro atoms. The average molecular weight is 168 g/mol. The van der Waals surface area contributed by atoms with Crippen LogP contribution < -0.4 is 0 Å². The summed E-state index contributed by atoms with van der Waals surface area (Å²) in [4.78, 5) is 4.99. The summed E-state index contributed by atoms with van der Waals surface area (Å²) < 4.78 is 0. The fourth-order valence-corrected chi connectivity index (χ4v) is 1.60. The highest BCUT2D eigenvalue weighted by molar-refractivity contribution is 4.82. The first-order valence-electron chi connectivity index (χ1n) is 4.92. The van der Waals surface area contributed by atoms with Gasteiger partial charge in [-0.25, -0.2) is 0 Å². The zero-order valence-electron chi connectivity index (χ0n) is 8.29. The fraction of sp³-hybridized carbons (Fsp3) is 0.800. The normalized spacial score (nSPS) is 22.2. The van der Waals surface area contributed by atoms with E-state index < -0.39 is 0 Å². The number of nitrogens with zero attached hydrogens (tertiary/aromatic N) is 2. The standard InChI is InChI=1S/C10H20N2/c1-3-5-7-12-9-6-8-11(4-2)10-12/h3,5H,4,6-10H2,1-2H3. The minimum atomic E-state index is 1.12. The van der Waals surface area contributed by atoms with E-state index in [-0.39, 0.29) is 0 Å². The van der Waals surface area contributed by atoms with Crippen LogP contribution in [0.4, 0.5) is 0 Å². The Morgan fingerprint density at radius 2 is 2.00 bits per heavy atom. The number of rotatable bonds is 3. The molecule has 1 saturated heterocycles. The lowest BCUT2D eigenvalue weighted by molar-refractivity contribution is 0.101. The number of hydrogen-bond acceptors (Lipinski definition) is 2. The molecule has 1 heterocycles. The van der Waals surface area contributed by atoms with E-state index in [0.29, 0.717) is 0 Å². The van der Waals surface area contributed by atoms with Crippen LogP contribution in [0, 0.1) is 0 Å². The maximum absolute atomic E-state index is 2.49. The molecular weight excluding hydrogens is 148 g/mol. The van der Waals surface area contributed by atoms with E-state index in [2.05, 4.69) is 35.8 Å². The Bertz CT molecular complexity index is 143. The zero-order valence-corrected chi connectivity index (χ0v) is 8.29. The molecule has 0 amide bonds. The van der Waals surface area contributed by atoms with Gasteiger partial charge in [-0.2, -0.15) is 0 Å². The Morgan fingerprint density at radius 1 is 1.25 bits per heavy atom. The van der Waals surface area contributed by atoms with E-state index in [1.807, 2.05) is 0 Å². The summed E-state index contributed by atoms with van der Waals surface area (Å²) in [6, 6.07) is 0. The first kappa shape index (κ1) is 9.75. The van der Waals surface area contributed by atoms with Gasteiger partial charge in [0.25, 0.3) is 0 Å². The second-order valence-corrected chi connectivity index (χ2v) is 3.35. The van der Waals surface area contributed by atoms with Crippen molar-refractivity contribution in [2.24, 2.45) is 0 Å². The van der Waals surface area contributed by atoms with Gasteiger partial charge in [0.05, 0.1) is 6.67 Å². The Kier molecular flexibility index (Phi) is 4.33. The summed E-state index contributed by atoms with van der Waals surface area (Å²) in [6.07, 6.45) is 5.69. The third-order valence-corrected chi connectivity index (χ3v) is 2.40. The molecule has 0 atom stereocenters. The van der Waals surface area contributed by atoms with Crippen LogP contribution in [0.15, 0.2) is 12.2 Å². The van der Waals surface area contributed by atoms with Crippen molar-refractivity contribution in [1.29, 1.82) is 0 Å². The van der Waals surface area contributed by atoms with Crippen molar-refractivity contribution in [3.05, 3.63) is 12.2 Å². The van der Waals surface area contributed by atoms with Gasteiger partial charge in [0.1, 0.15) is 0 Å². The van der Waals surface area contributed by atoms with Gasteiger partial charge in [0.15, 0.2) is 0 Å². The van der Waals surface area contributed by atoms with Gasteiger partial charge < -0.3 is 0 Å². The monoisotopic (exact) mass is 168 g/mol. The van der Waals surface area contributed by atoms with Crippen LogP contribution in [0.25, 0.3) is 0 Å². The molecule has 1 fully saturated rings. The molecule has 0 aliphatic carbocycles. The molecule has 0 unspecified atom stereocenters. The van der Waals surface area contributed by atoms with Crippen molar-refractivity contribution in [3.8, 4) is 0 Å². The van der Waals surface area contributed by atoms with Crippen LogP contribution in [0.3, 0.4) is 0 Å². The van der Waals surface area contributed by atoms with Crippen molar-refractivity contribution in [2.45, 2.75) is 20.3 Å². The van der Waals surface area contributed by atoms with Crippen molar-refractivity contribution >= 4 is 0 Å². The Morgan fingerprint density at radius 3 is 2.67 bits per heavy atom. The lowest BCUT2D eigenvalue weighted by Gasteiger charge is -2.34. The van der Waals surface area contributed by atoms with Crippen LogP contribution >= 0.6 is 0 Å². The molecule has 1 rings (SSSR count). The molecule has 0 aromatic heterocycles. The van der Waals surface area contributed by atoms with Gasteiger partial charge >= 0.3 is 0 Å². The molecule has 0 saturated carbocycles. The summed E-state index contributed by atoms with van der Waals surface area (Å²) in [6.45, 7) is 10.3. The van der Waals surface area contributed by atoms with Crippen LogP contribution in [0.5, 0.6) is 0 Å². The second-order valence-electron chi connectivity index (χ2n) is 3.35. The lowest BCUT2D eigenvalue weighted by atomic mass is 10.3. The van der Waals surface area contributed by atoms with E-state index in [1.165, 1.54) is 26.1 Å². The molecule has 0 aromatic rings. The molecule has 0 aromatic carbocycles. The van der Waals surface area contributed by atoms with Crippen LogP contribution in [0.2, 0.25) is 0 Å². The molecule has 2 nitrogen and oxygen atoms in total. The second kappa shape index (κ2) is 5.33. The Balaban J connectivity index is 2.25. The lowest BCUT2D eigenvalue weighted by Crippen LogP contribution is -2.44. The molecular formula is C10H20N2. The smallest absolute Gasteiger partial charge is 0.0509 e. The van der Waals surface area contributed by atoms with Gasteiger partial charge in [0, 0.05) is 19.6 Å². The zero-order chi connectivity index (χ0) is 8.81. The van der Waals surface area contributed by atoms with Crippen molar-refractivity contribution < 1.29 is 0 Å². The van der Waals surface area contributed by atoms with Crippen LogP contribution in [-0.4, -0.2) is 42.6 Å². The minimum absolute atomic E-state index is 1.12. The molecule has 0 radical (unpaired) electrons. The molecule has 1 aliphatic heterocycles. The SMILES string of the molecule is CC=CCN1CCCN(CC)C1. The van der Waals surface area contributed by atoms with Gasteiger partial charge in [-0.1, -0.05) is 19.1 Å². The molecule has 70 valence electrons. The number of allylic oxidation sites excluding steroid dienone is 1. The topological polar surface area (TPSA) is 6.48 Å². The molecule has 0 bridgehead atoms. The molecule has 0 N–H and O–H groups in total. The third kappa shape index (κ3) is 2.95. The Hall–Kier alpha value is -0.340. The molecule has 1 aliphatic rings. The van der Waals surface area contributed by atoms with Gasteiger partial charge in [-0.3, -0.25) is 9.80 Å². The highest BCUT2D eigenvalue weighted by Gasteiger charge is 2.13. The molecule has 2 heteroatoms. The summed E-state index contributed by atoms with van der Waals surface area (Å²) in [5.41, 5.74) is 0. The maximum Gasteiger partial charge on any atom is 0.0509 e. The quantitative estimate of drug-likeness (QED) is 0.590. The predicted octanol–water partition coefficient (Wildman–Crippen LogP) is 1.55. The summed E-state index contributed by atoms with van der Waals surface area (Å²) >= 11 is 0. The van der Waals surface area contributed by atoms with E-state index in [4.69, 9.17) is 0 Å². The van der Waals surface area contributed by atoms with Gasteiger partial charge in [-0.15, -0.1) is 0 Å². The highest BCUT2D eigenvalue weighted by Crippen LogP contribution is 2.04.